The largest absolute Gasteiger partial charge is 0.497 e. The number of ether oxygens (including phenoxy) is 4. The Morgan fingerprint density at radius 3 is 2.39 bits per heavy atom. The lowest BCUT2D eigenvalue weighted by Crippen LogP contribution is -2.56. The maximum atomic E-state index is 10.7. The minimum atomic E-state index is -1.49. The summed E-state index contributed by atoms with van der Waals surface area (Å²) in [5, 5.41) is 41.9. The molecule has 2 aliphatic heterocycles. The van der Waals surface area contributed by atoms with E-state index < -0.39 is 36.1 Å². The summed E-state index contributed by atoms with van der Waals surface area (Å²) in [6.45, 7) is -0.0458. The minimum absolute atomic E-state index is 0.0458. The monoisotopic (exact) mass is 450 g/mol. The fraction of sp³-hybridized carbons (Fsp3) is 0.455. The molecule has 0 bridgehead atoms. The van der Waals surface area contributed by atoms with E-state index in [4.69, 9.17) is 30.5 Å². The van der Waals surface area contributed by atoms with Gasteiger partial charge in [-0.05, 0) is 35.7 Å². The third kappa shape index (κ3) is 3.26. The first-order chi connectivity index (χ1) is 14.9. The van der Waals surface area contributed by atoms with Crippen molar-refractivity contribution >= 4 is 11.6 Å². The van der Waals surface area contributed by atoms with Crippen LogP contribution in [0.2, 0.25) is 5.02 Å². The molecule has 166 valence electrons. The number of methoxy groups -OCH3 is 1. The summed E-state index contributed by atoms with van der Waals surface area (Å²) in [6, 6.07) is 9.28. The molecule has 31 heavy (non-hydrogen) atoms. The van der Waals surface area contributed by atoms with Gasteiger partial charge in [-0.1, -0.05) is 23.7 Å². The Morgan fingerprint density at radius 1 is 1.06 bits per heavy atom. The molecule has 8 nitrogen and oxygen atoms in total. The number of benzene rings is 2. The van der Waals surface area contributed by atoms with Gasteiger partial charge < -0.3 is 39.4 Å². The van der Waals surface area contributed by atoms with Crippen molar-refractivity contribution in [3.63, 3.8) is 0 Å². The normalized spacial score (nSPS) is 33.5. The molecular weight excluding hydrogens is 428 g/mol. The minimum Gasteiger partial charge on any atom is -0.497 e. The van der Waals surface area contributed by atoms with E-state index in [1.165, 1.54) is 0 Å². The fourth-order valence-corrected chi connectivity index (χ4v) is 4.65. The van der Waals surface area contributed by atoms with Gasteiger partial charge in [0.05, 0.1) is 18.2 Å². The molecule has 1 spiro atoms. The molecule has 2 heterocycles. The van der Waals surface area contributed by atoms with Crippen molar-refractivity contribution in [3.05, 3.63) is 52.0 Å². The van der Waals surface area contributed by atoms with Gasteiger partial charge >= 0.3 is 0 Å². The number of hydrogen-bond acceptors (Lipinski definition) is 8. The summed E-state index contributed by atoms with van der Waals surface area (Å²) in [6.07, 6.45) is -5.66. The van der Waals surface area contributed by atoms with E-state index in [1.54, 1.807) is 13.2 Å². The lowest BCUT2D eigenvalue weighted by Gasteiger charge is -2.41. The first kappa shape index (κ1) is 20.8. The van der Waals surface area contributed by atoms with Gasteiger partial charge in [-0.25, -0.2) is 0 Å². The molecule has 1 aliphatic carbocycles. The van der Waals surface area contributed by atoms with E-state index in [1.807, 2.05) is 24.3 Å². The van der Waals surface area contributed by atoms with Crippen molar-refractivity contribution in [3.8, 4) is 17.2 Å². The zero-order chi connectivity index (χ0) is 21.9. The van der Waals surface area contributed by atoms with Gasteiger partial charge in [0.15, 0.2) is 11.5 Å². The van der Waals surface area contributed by atoms with E-state index in [9.17, 15) is 20.4 Å². The first-order valence-electron chi connectivity index (χ1n) is 9.99. The molecule has 2 aromatic rings. The zero-order valence-corrected chi connectivity index (χ0v) is 17.5. The van der Waals surface area contributed by atoms with Crippen LogP contribution in [0.25, 0.3) is 0 Å². The maximum absolute atomic E-state index is 10.7. The fourth-order valence-electron chi connectivity index (χ4n) is 4.39. The van der Waals surface area contributed by atoms with Crippen LogP contribution in [-0.2, 0) is 11.2 Å². The highest BCUT2D eigenvalue weighted by molar-refractivity contribution is 6.33. The quantitative estimate of drug-likeness (QED) is 0.551. The second-order valence-electron chi connectivity index (χ2n) is 8.17. The highest BCUT2D eigenvalue weighted by Gasteiger charge is 2.67. The number of aliphatic hydroxyl groups excluding tert-OH is 4. The van der Waals surface area contributed by atoms with Crippen LogP contribution in [-0.4, -0.2) is 64.3 Å². The van der Waals surface area contributed by atoms with Crippen molar-refractivity contribution in [1.29, 1.82) is 0 Å². The van der Waals surface area contributed by atoms with Gasteiger partial charge in [0.25, 0.3) is 0 Å². The van der Waals surface area contributed by atoms with Crippen LogP contribution < -0.4 is 14.2 Å². The number of fused-ring (bicyclic) bond motifs is 1. The maximum Gasteiger partial charge on any atom is 0.231 e. The van der Waals surface area contributed by atoms with Crippen molar-refractivity contribution in [1.82, 2.24) is 0 Å². The summed E-state index contributed by atoms with van der Waals surface area (Å²) in [5.74, 6) is 1.40. The molecule has 0 unspecified atom stereocenters. The third-order valence-electron chi connectivity index (χ3n) is 6.29. The van der Waals surface area contributed by atoms with Gasteiger partial charge in [-0.2, -0.15) is 0 Å². The summed E-state index contributed by atoms with van der Waals surface area (Å²) in [7, 11) is 1.60. The van der Waals surface area contributed by atoms with E-state index in [0.29, 0.717) is 34.1 Å². The number of rotatable bonds is 4. The Bertz CT molecular complexity index is 996. The van der Waals surface area contributed by atoms with E-state index in [-0.39, 0.29) is 13.2 Å². The van der Waals surface area contributed by atoms with E-state index in [0.717, 1.165) is 11.3 Å². The van der Waals surface area contributed by atoms with Crippen LogP contribution >= 0.6 is 11.6 Å². The highest BCUT2D eigenvalue weighted by Crippen LogP contribution is 2.55. The first-order valence-corrected chi connectivity index (χ1v) is 10.4. The second kappa shape index (κ2) is 7.51. The predicted molar refractivity (Wildman–Crippen MR) is 109 cm³/mol. The predicted octanol–water partition coefficient (Wildman–Crippen LogP) is 1.33. The molecular formula is C22H23ClO8. The number of halogens is 1. The second-order valence-corrected chi connectivity index (χ2v) is 8.55. The third-order valence-corrected chi connectivity index (χ3v) is 6.71. The standard InChI is InChI=1S/C22H23ClO8/c1-28-12-4-2-10(3-5-12)6-11-7-13(19-20(15(11)23)30-9-29-19)18-16(25)17(26)21(27)22(31-18)8-14(22)24/h2-5,7,14,16-18,21,24-27H,6,8-9H2,1H3/t14-,16-,17-,18+,21+,22-/m1/s1. The Labute approximate surface area is 183 Å². The van der Waals surface area contributed by atoms with E-state index in [2.05, 4.69) is 0 Å². The summed E-state index contributed by atoms with van der Waals surface area (Å²) >= 11 is 6.59. The van der Waals surface area contributed by atoms with Crippen molar-refractivity contribution < 1.29 is 39.4 Å². The molecule has 1 saturated heterocycles. The molecule has 1 saturated carbocycles. The Kier molecular flexibility index (Phi) is 5.04. The molecule has 5 rings (SSSR count). The van der Waals surface area contributed by atoms with E-state index >= 15 is 0 Å². The van der Waals surface area contributed by atoms with Gasteiger partial charge in [0, 0.05) is 12.0 Å². The van der Waals surface area contributed by atoms with Crippen LogP contribution in [0.4, 0.5) is 0 Å². The molecule has 0 aromatic heterocycles. The number of hydrogen-bond donors (Lipinski definition) is 4. The molecule has 3 aliphatic rings. The SMILES string of the molecule is COc1ccc(Cc2cc([C@@H]3O[C@@]4(C[C@H]4O)[C@@H](O)[C@H](O)[C@H]3O)c3c(c2Cl)OCO3)cc1. The highest BCUT2D eigenvalue weighted by atomic mass is 35.5. The molecule has 0 amide bonds. The van der Waals surface area contributed by atoms with Gasteiger partial charge in [0.1, 0.15) is 35.8 Å². The van der Waals surface area contributed by atoms with Gasteiger partial charge in [0.2, 0.25) is 6.79 Å². The van der Waals surface area contributed by atoms with Crippen molar-refractivity contribution in [2.45, 2.75) is 49.0 Å². The molecule has 2 aromatic carbocycles. The Morgan fingerprint density at radius 2 is 1.74 bits per heavy atom. The molecule has 9 heteroatoms. The Hall–Kier alpha value is -2.07. The average molecular weight is 451 g/mol. The summed E-state index contributed by atoms with van der Waals surface area (Å²) in [5.41, 5.74) is 0.818. The molecule has 4 N–H and O–H groups in total. The molecule has 6 atom stereocenters. The lowest BCUT2D eigenvalue weighted by molar-refractivity contribution is -0.244. The van der Waals surface area contributed by atoms with Gasteiger partial charge in [-0.15, -0.1) is 0 Å². The van der Waals surface area contributed by atoms with Crippen LogP contribution in [0.5, 0.6) is 17.2 Å². The zero-order valence-electron chi connectivity index (χ0n) is 16.7. The summed E-state index contributed by atoms with van der Waals surface area (Å²) in [4.78, 5) is 0. The van der Waals surface area contributed by atoms with Crippen LogP contribution in [0, 0.1) is 0 Å². The lowest BCUT2D eigenvalue weighted by atomic mass is 9.88. The average Bonchev–Trinajstić information content (AvgIpc) is 3.17. The molecule has 0 radical (unpaired) electrons. The summed E-state index contributed by atoms with van der Waals surface area (Å²) < 4.78 is 22.3. The van der Waals surface area contributed by atoms with Crippen LogP contribution in [0.15, 0.2) is 30.3 Å². The molecule has 2 fully saturated rings. The van der Waals surface area contributed by atoms with Crippen molar-refractivity contribution in [2.75, 3.05) is 13.9 Å². The van der Waals surface area contributed by atoms with Crippen LogP contribution in [0.3, 0.4) is 0 Å². The smallest absolute Gasteiger partial charge is 0.231 e. The topological polar surface area (TPSA) is 118 Å². The number of aliphatic hydroxyl groups is 4. The van der Waals surface area contributed by atoms with Crippen LogP contribution in [0.1, 0.15) is 29.2 Å². The Balaban J connectivity index is 1.54. The van der Waals surface area contributed by atoms with Crippen molar-refractivity contribution in [2.24, 2.45) is 0 Å². The van der Waals surface area contributed by atoms with Gasteiger partial charge in [-0.3, -0.25) is 0 Å².